The van der Waals surface area contributed by atoms with E-state index in [9.17, 15) is 18.0 Å². The highest BCUT2D eigenvalue weighted by Gasteiger charge is 2.16. The Balaban J connectivity index is 3.26. The van der Waals surface area contributed by atoms with Crippen LogP contribution in [0.25, 0.3) is 0 Å². The van der Waals surface area contributed by atoms with Gasteiger partial charge in [-0.15, -0.1) is 0 Å². The Bertz CT molecular complexity index is 338. The number of nitrogens with two attached hydrogens (primary N) is 1. The Morgan fingerprint density at radius 2 is 2.00 bits per heavy atom. The van der Waals surface area contributed by atoms with Gasteiger partial charge < -0.3 is 5.73 Å². The highest BCUT2D eigenvalue weighted by Crippen LogP contribution is 2.23. The molecule has 0 saturated heterocycles. The molecule has 0 atom stereocenters. The Hall–Kier alpha value is -1.52. The van der Waals surface area contributed by atoms with E-state index in [1.54, 1.807) is 0 Å². The van der Waals surface area contributed by atoms with Crippen LogP contribution in [0.2, 0.25) is 0 Å². The van der Waals surface area contributed by atoms with Gasteiger partial charge in [-0.05, 0) is 18.2 Å². The molecular formula is C8H6F3NO. The predicted octanol–water partition coefficient (Wildman–Crippen LogP) is 1.86. The number of carbonyl (C=O) groups is 1. The van der Waals surface area contributed by atoms with Crippen LogP contribution in [0.4, 0.5) is 13.2 Å². The number of amides is 1. The number of alkyl halides is 2. The van der Waals surface area contributed by atoms with Crippen molar-refractivity contribution in [3.05, 3.63) is 35.1 Å². The van der Waals surface area contributed by atoms with E-state index < -0.39 is 23.7 Å². The fourth-order valence-corrected chi connectivity index (χ4v) is 0.939. The van der Waals surface area contributed by atoms with E-state index in [2.05, 4.69) is 0 Å². The minimum Gasteiger partial charge on any atom is -0.366 e. The van der Waals surface area contributed by atoms with Gasteiger partial charge in [-0.1, -0.05) is 0 Å². The van der Waals surface area contributed by atoms with Crippen molar-refractivity contribution in [1.29, 1.82) is 0 Å². The predicted molar refractivity (Wildman–Crippen MR) is 39.9 cm³/mol. The summed E-state index contributed by atoms with van der Waals surface area (Å²) < 4.78 is 36.9. The van der Waals surface area contributed by atoms with Crippen molar-refractivity contribution in [3.63, 3.8) is 0 Å². The van der Waals surface area contributed by atoms with Crippen LogP contribution in [0.15, 0.2) is 18.2 Å². The topological polar surface area (TPSA) is 43.1 Å². The fraction of sp³-hybridized carbons (Fsp3) is 0.125. The van der Waals surface area contributed by atoms with Gasteiger partial charge in [-0.2, -0.15) is 0 Å². The molecule has 2 nitrogen and oxygen atoms in total. The van der Waals surface area contributed by atoms with Crippen molar-refractivity contribution < 1.29 is 18.0 Å². The van der Waals surface area contributed by atoms with E-state index in [1.165, 1.54) is 0 Å². The van der Waals surface area contributed by atoms with Crippen molar-refractivity contribution in [2.45, 2.75) is 6.43 Å². The SMILES string of the molecule is NC(=O)c1ccc(F)cc1C(F)F. The summed E-state index contributed by atoms with van der Waals surface area (Å²) in [5.41, 5.74) is 3.78. The molecule has 0 aliphatic heterocycles. The first kappa shape index (κ1) is 9.57. The lowest BCUT2D eigenvalue weighted by Gasteiger charge is -2.04. The number of hydrogen-bond acceptors (Lipinski definition) is 1. The summed E-state index contributed by atoms with van der Waals surface area (Å²) in [7, 11) is 0. The van der Waals surface area contributed by atoms with Crippen LogP contribution in [0.5, 0.6) is 0 Å². The number of halogens is 3. The average molecular weight is 189 g/mol. The molecule has 0 bridgehead atoms. The smallest absolute Gasteiger partial charge is 0.264 e. The second kappa shape index (κ2) is 3.47. The summed E-state index contributed by atoms with van der Waals surface area (Å²) in [6.07, 6.45) is -2.90. The molecule has 1 rings (SSSR count). The van der Waals surface area contributed by atoms with Crippen molar-refractivity contribution in [3.8, 4) is 0 Å². The zero-order valence-electron chi connectivity index (χ0n) is 6.43. The molecule has 0 spiro atoms. The molecule has 1 aromatic rings. The first-order valence-corrected chi connectivity index (χ1v) is 3.39. The second-order valence-electron chi connectivity index (χ2n) is 2.40. The van der Waals surface area contributed by atoms with Gasteiger partial charge in [0, 0.05) is 11.1 Å². The van der Waals surface area contributed by atoms with Crippen LogP contribution in [-0.4, -0.2) is 5.91 Å². The van der Waals surface area contributed by atoms with Gasteiger partial charge in [-0.3, -0.25) is 4.79 Å². The van der Waals surface area contributed by atoms with Crippen molar-refractivity contribution >= 4 is 5.91 Å². The Kier molecular flexibility index (Phi) is 2.55. The first-order chi connectivity index (χ1) is 6.02. The van der Waals surface area contributed by atoms with Crippen LogP contribution >= 0.6 is 0 Å². The normalized spacial score (nSPS) is 10.5. The molecule has 13 heavy (non-hydrogen) atoms. The Morgan fingerprint density at radius 3 is 2.46 bits per heavy atom. The van der Waals surface area contributed by atoms with E-state index >= 15 is 0 Å². The average Bonchev–Trinajstić information content (AvgIpc) is 2.03. The summed E-state index contributed by atoms with van der Waals surface area (Å²) in [5.74, 6) is -1.81. The zero-order valence-corrected chi connectivity index (χ0v) is 6.43. The second-order valence-corrected chi connectivity index (χ2v) is 2.40. The summed E-state index contributed by atoms with van der Waals surface area (Å²) in [6.45, 7) is 0. The number of carbonyl (C=O) groups excluding carboxylic acids is 1. The molecule has 5 heteroatoms. The highest BCUT2D eigenvalue weighted by molar-refractivity contribution is 5.94. The third-order valence-electron chi connectivity index (χ3n) is 1.51. The van der Waals surface area contributed by atoms with E-state index in [1.807, 2.05) is 0 Å². The molecule has 0 radical (unpaired) electrons. The monoisotopic (exact) mass is 189 g/mol. The van der Waals surface area contributed by atoms with Gasteiger partial charge in [-0.25, -0.2) is 13.2 Å². The van der Waals surface area contributed by atoms with Gasteiger partial charge in [0.25, 0.3) is 6.43 Å². The molecule has 70 valence electrons. The molecule has 1 aromatic carbocycles. The fourth-order valence-electron chi connectivity index (χ4n) is 0.939. The minimum absolute atomic E-state index is 0.351. The van der Waals surface area contributed by atoms with Crippen LogP contribution in [0, 0.1) is 5.82 Å². The van der Waals surface area contributed by atoms with E-state index in [0.717, 1.165) is 12.1 Å². The molecule has 0 fully saturated rings. The standard InChI is InChI=1S/C8H6F3NO/c9-4-1-2-5(8(12)13)6(3-4)7(10)11/h1-3,7H,(H2,12,13). The van der Waals surface area contributed by atoms with Crippen molar-refractivity contribution in [2.24, 2.45) is 5.73 Å². The minimum atomic E-state index is -2.90. The van der Waals surface area contributed by atoms with E-state index in [0.29, 0.717) is 6.07 Å². The van der Waals surface area contributed by atoms with E-state index in [4.69, 9.17) is 5.73 Å². The Morgan fingerprint density at radius 1 is 1.38 bits per heavy atom. The van der Waals surface area contributed by atoms with E-state index in [-0.39, 0.29) is 5.56 Å². The number of benzene rings is 1. The maximum Gasteiger partial charge on any atom is 0.264 e. The molecule has 2 N–H and O–H groups in total. The quantitative estimate of drug-likeness (QED) is 0.758. The number of rotatable bonds is 2. The molecule has 0 aromatic heterocycles. The van der Waals surface area contributed by atoms with Gasteiger partial charge >= 0.3 is 0 Å². The first-order valence-electron chi connectivity index (χ1n) is 3.39. The molecule has 1 amide bonds. The van der Waals surface area contributed by atoms with Crippen LogP contribution in [0.3, 0.4) is 0 Å². The third kappa shape index (κ3) is 1.99. The van der Waals surface area contributed by atoms with Gasteiger partial charge in [0.1, 0.15) is 5.82 Å². The molecule has 0 unspecified atom stereocenters. The molecular weight excluding hydrogens is 183 g/mol. The van der Waals surface area contributed by atoms with Gasteiger partial charge in [0.15, 0.2) is 0 Å². The summed E-state index contributed by atoms with van der Waals surface area (Å²) in [4.78, 5) is 10.6. The zero-order chi connectivity index (χ0) is 10.0. The third-order valence-corrected chi connectivity index (χ3v) is 1.51. The number of primary amides is 1. The highest BCUT2D eigenvalue weighted by atomic mass is 19.3. The molecule has 0 saturated carbocycles. The lowest BCUT2D eigenvalue weighted by atomic mass is 10.1. The lowest BCUT2D eigenvalue weighted by Crippen LogP contribution is -2.14. The lowest BCUT2D eigenvalue weighted by molar-refractivity contribution is 0.0986. The maximum atomic E-state index is 12.5. The van der Waals surface area contributed by atoms with Gasteiger partial charge in [0.05, 0.1) is 0 Å². The number of hydrogen-bond donors (Lipinski definition) is 1. The van der Waals surface area contributed by atoms with Crippen LogP contribution < -0.4 is 5.73 Å². The van der Waals surface area contributed by atoms with Gasteiger partial charge in [0.2, 0.25) is 5.91 Å². The largest absolute Gasteiger partial charge is 0.366 e. The van der Waals surface area contributed by atoms with Crippen LogP contribution in [-0.2, 0) is 0 Å². The van der Waals surface area contributed by atoms with Crippen molar-refractivity contribution in [1.82, 2.24) is 0 Å². The summed E-state index contributed by atoms with van der Waals surface area (Å²) in [6, 6.07) is 2.45. The summed E-state index contributed by atoms with van der Waals surface area (Å²) in [5, 5.41) is 0. The summed E-state index contributed by atoms with van der Waals surface area (Å²) >= 11 is 0. The maximum absolute atomic E-state index is 12.5. The van der Waals surface area contributed by atoms with Crippen molar-refractivity contribution in [2.75, 3.05) is 0 Å². The molecule has 0 aliphatic rings. The van der Waals surface area contributed by atoms with Crippen LogP contribution in [0.1, 0.15) is 22.3 Å². The molecule has 0 aliphatic carbocycles. The Labute approximate surface area is 72.2 Å². The molecule has 0 heterocycles.